The zero-order valence-electron chi connectivity index (χ0n) is 19.6. The first-order valence-corrected chi connectivity index (χ1v) is 12.7. The second-order valence-electron chi connectivity index (χ2n) is 12.4. The van der Waals surface area contributed by atoms with Gasteiger partial charge in [0.2, 0.25) is 0 Å². The highest BCUT2D eigenvalue weighted by molar-refractivity contribution is 5.86. The first-order valence-electron chi connectivity index (χ1n) is 12.7. The third-order valence-electron chi connectivity index (χ3n) is 10.5. The molecule has 0 unspecified atom stereocenters. The van der Waals surface area contributed by atoms with Crippen molar-refractivity contribution in [2.75, 3.05) is 0 Å². The summed E-state index contributed by atoms with van der Waals surface area (Å²) < 4.78 is 0. The van der Waals surface area contributed by atoms with E-state index < -0.39 is 0 Å². The molecule has 0 heterocycles. The maximum absolute atomic E-state index is 13.4. The van der Waals surface area contributed by atoms with Gasteiger partial charge in [0.25, 0.3) is 0 Å². The molecule has 0 spiro atoms. The first-order chi connectivity index (χ1) is 13.7. The van der Waals surface area contributed by atoms with Crippen LogP contribution in [0.2, 0.25) is 0 Å². The molecule has 8 atom stereocenters. The van der Waals surface area contributed by atoms with E-state index in [9.17, 15) is 9.59 Å². The van der Waals surface area contributed by atoms with E-state index >= 15 is 0 Å². The van der Waals surface area contributed by atoms with Crippen molar-refractivity contribution in [2.45, 2.75) is 105 Å². The monoisotopic (exact) mass is 400 g/mol. The van der Waals surface area contributed by atoms with Crippen LogP contribution in [0, 0.1) is 52.3 Å². The van der Waals surface area contributed by atoms with Gasteiger partial charge in [-0.15, -0.1) is 0 Å². The third kappa shape index (κ3) is 3.55. The topological polar surface area (TPSA) is 34.1 Å². The Morgan fingerprint density at radius 3 is 2.34 bits per heavy atom. The molecule has 4 aliphatic rings. The van der Waals surface area contributed by atoms with Gasteiger partial charge in [-0.2, -0.15) is 0 Å². The first kappa shape index (κ1) is 21.6. The minimum Gasteiger partial charge on any atom is -0.300 e. The quantitative estimate of drug-likeness (QED) is 0.505. The van der Waals surface area contributed by atoms with Crippen molar-refractivity contribution in [3.05, 3.63) is 0 Å². The molecule has 0 N–H and O–H groups in total. The molecule has 29 heavy (non-hydrogen) atoms. The summed E-state index contributed by atoms with van der Waals surface area (Å²) in [5.41, 5.74) is 0.594. The van der Waals surface area contributed by atoms with Crippen molar-refractivity contribution in [3.63, 3.8) is 0 Å². The van der Waals surface area contributed by atoms with Gasteiger partial charge in [0.05, 0.1) is 0 Å². The Labute approximate surface area is 179 Å². The lowest BCUT2D eigenvalue weighted by Gasteiger charge is -2.59. The van der Waals surface area contributed by atoms with Crippen molar-refractivity contribution < 1.29 is 9.59 Å². The summed E-state index contributed by atoms with van der Waals surface area (Å²) in [6.07, 6.45) is 12.3. The highest BCUT2D eigenvalue weighted by Gasteiger charge is 2.62. The van der Waals surface area contributed by atoms with Gasteiger partial charge < -0.3 is 0 Å². The third-order valence-corrected chi connectivity index (χ3v) is 10.5. The predicted octanol–water partition coefficient (Wildman–Crippen LogP) is 6.86. The van der Waals surface area contributed by atoms with Crippen LogP contribution in [-0.2, 0) is 9.59 Å². The van der Waals surface area contributed by atoms with Crippen LogP contribution in [-0.4, -0.2) is 11.6 Å². The molecular weight excluding hydrogens is 356 g/mol. The van der Waals surface area contributed by atoms with Crippen molar-refractivity contribution in [2.24, 2.45) is 52.3 Å². The Morgan fingerprint density at radius 2 is 1.62 bits per heavy atom. The number of Topliss-reactive ketones (excluding diaryl/α,β-unsaturated/α-hetero) is 2. The van der Waals surface area contributed by atoms with E-state index in [2.05, 4.69) is 34.6 Å². The molecule has 4 saturated carbocycles. The minimum atomic E-state index is 0.231. The molecule has 2 nitrogen and oxygen atoms in total. The summed E-state index contributed by atoms with van der Waals surface area (Å²) in [5, 5.41) is 0. The van der Waals surface area contributed by atoms with Gasteiger partial charge in [0.1, 0.15) is 11.6 Å². The lowest BCUT2D eigenvalue weighted by atomic mass is 9.44. The summed E-state index contributed by atoms with van der Waals surface area (Å²) >= 11 is 0. The van der Waals surface area contributed by atoms with Crippen molar-refractivity contribution >= 4 is 11.6 Å². The zero-order chi connectivity index (χ0) is 21.0. The molecule has 4 rings (SSSR count). The summed E-state index contributed by atoms with van der Waals surface area (Å²) in [5.74, 6) is 5.07. The Balaban J connectivity index is 1.52. The lowest BCUT2D eigenvalue weighted by Crippen LogP contribution is -2.57. The fourth-order valence-corrected chi connectivity index (χ4v) is 8.75. The van der Waals surface area contributed by atoms with E-state index in [1.54, 1.807) is 0 Å². The molecule has 4 fully saturated rings. The van der Waals surface area contributed by atoms with E-state index in [0.29, 0.717) is 47.6 Å². The molecule has 2 heteroatoms. The van der Waals surface area contributed by atoms with E-state index in [0.717, 1.165) is 30.6 Å². The van der Waals surface area contributed by atoms with Crippen molar-refractivity contribution in [3.8, 4) is 0 Å². The maximum atomic E-state index is 13.4. The molecule has 164 valence electrons. The molecule has 0 radical (unpaired) electrons. The van der Waals surface area contributed by atoms with Gasteiger partial charge >= 0.3 is 0 Å². The van der Waals surface area contributed by atoms with Crippen LogP contribution in [0.4, 0.5) is 0 Å². The van der Waals surface area contributed by atoms with Crippen LogP contribution < -0.4 is 0 Å². The fourth-order valence-electron chi connectivity index (χ4n) is 8.75. The zero-order valence-corrected chi connectivity index (χ0v) is 19.6. The van der Waals surface area contributed by atoms with Crippen LogP contribution in [0.5, 0.6) is 0 Å². The number of rotatable bonds is 5. The molecule has 0 saturated heterocycles. The van der Waals surface area contributed by atoms with Crippen molar-refractivity contribution in [1.29, 1.82) is 0 Å². The van der Waals surface area contributed by atoms with Crippen LogP contribution in [0.1, 0.15) is 105 Å². The van der Waals surface area contributed by atoms with Gasteiger partial charge in [-0.3, -0.25) is 9.59 Å². The smallest absolute Gasteiger partial charge is 0.136 e. The number of fused-ring (bicyclic) bond motifs is 5. The SMILES string of the molecule is CC(C)CCC[C@H](C)[C@@H]1CC[C@@H]2[C@@H]3C(=O)C[C@H]4CC(=O)CC[C@]4(C)[C@H]3CC[C@@]21C. The molecule has 0 bridgehead atoms. The van der Waals surface area contributed by atoms with Gasteiger partial charge in [-0.05, 0) is 78.4 Å². The van der Waals surface area contributed by atoms with Crippen LogP contribution >= 0.6 is 0 Å². The number of hydrogen-bond acceptors (Lipinski definition) is 2. The van der Waals surface area contributed by atoms with Crippen LogP contribution in [0.3, 0.4) is 0 Å². The predicted molar refractivity (Wildman–Crippen MR) is 118 cm³/mol. The number of carbonyl (C=O) groups excluding carboxylic acids is 2. The largest absolute Gasteiger partial charge is 0.300 e. The minimum absolute atomic E-state index is 0.231. The Morgan fingerprint density at radius 1 is 0.897 bits per heavy atom. The Kier molecular flexibility index (Phi) is 5.79. The summed E-state index contributed by atoms with van der Waals surface area (Å²) in [4.78, 5) is 25.5. The standard InChI is InChI=1S/C27H44O2/c1-17(2)7-6-8-18(3)21-9-10-22-25-23(12-14-27(21,22)5)26(4)13-11-20(28)15-19(26)16-24(25)29/h17-19,21-23,25H,6-16H2,1-5H3/t18-,19+,21-,22+,23-,25-,26-,27+/m0/s1. The summed E-state index contributed by atoms with van der Waals surface area (Å²) in [6.45, 7) is 12.2. The molecule has 0 amide bonds. The number of hydrogen-bond donors (Lipinski definition) is 0. The fraction of sp³-hybridized carbons (Fsp3) is 0.926. The second kappa shape index (κ2) is 7.79. The Bertz CT molecular complexity index is 651. The molecule has 0 aromatic rings. The summed E-state index contributed by atoms with van der Waals surface area (Å²) in [6, 6.07) is 0. The highest BCUT2D eigenvalue weighted by Crippen LogP contribution is 2.67. The average molecular weight is 401 g/mol. The van der Waals surface area contributed by atoms with E-state index in [1.165, 1.54) is 44.9 Å². The van der Waals surface area contributed by atoms with Crippen LogP contribution in [0.25, 0.3) is 0 Å². The summed E-state index contributed by atoms with van der Waals surface area (Å²) in [7, 11) is 0. The Hall–Kier alpha value is -0.660. The van der Waals surface area contributed by atoms with E-state index in [-0.39, 0.29) is 11.3 Å². The maximum Gasteiger partial charge on any atom is 0.136 e. The highest BCUT2D eigenvalue weighted by atomic mass is 16.1. The van der Waals surface area contributed by atoms with Crippen LogP contribution in [0.15, 0.2) is 0 Å². The van der Waals surface area contributed by atoms with Gasteiger partial charge in [0.15, 0.2) is 0 Å². The van der Waals surface area contributed by atoms with Gasteiger partial charge in [0, 0.05) is 25.2 Å². The number of ketones is 2. The molecule has 4 aliphatic carbocycles. The normalized spacial score (nSPS) is 45.7. The molecular formula is C27H44O2. The van der Waals surface area contributed by atoms with E-state index in [1.807, 2.05) is 0 Å². The van der Waals surface area contributed by atoms with E-state index in [4.69, 9.17) is 0 Å². The molecule has 0 aliphatic heterocycles. The van der Waals surface area contributed by atoms with Gasteiger partial charge in [-0.25, -0.2) is 0 Å². The van der Waals surface area contributed by atoms with Gasteiger partial charge in [-0.1, -0.05) is 53.9 Å². The number of carbonyl (C=O) groups is 2. The van der Waals surface area contributed by atoms with Crippen molar-refractivity contribution in [1.82, 2.24) is 0 Å². The molecule has 0 aromatic heterocycles. The average Bonchev–Trinajstić information content (AvgIpc) is 3.00. The lowest BCUT2D eigenvalue weighted by molar-refractivity contribution is -0.159. The second-order valence-corrected chi connectivity index (χ2v) is 12.4. The molecule has 0 aromatic carbocycles.